The average Bonchev–Trinajstić information content (AvgIpc) is 2.59. The van der Waals surface area contributed by atoms with E-state index in [-0.39, 0.29) is 5.56 Å². The Labute approximate surface area is 155 Å². The maximum Gasteiger partial charge on any atom is 0.339 e. The van der Waals surface area contributed by atoms with Crippen molar-refractivity contribution in [3.63, 3.8) is 0 Å². The van der Waals surface area contributed by atoms with Crippen LogP contribution in [0.4, 0.5) is 5.69 Å². The molecule has 128 valence electrons. The molecular formula is C19H16Cl2N2O2. The van der Waals surface area contributed by atoms with E-state index >= 15 is 0 Å². The summed E-state index contributed by atoms with van der Waals surface area (Å²) >= 11 is 12.1. The Hall–Kier alpha value is -2.30. The SMILES string of the molecule is Cc1c(Cl)ccc2c(N(C)Cc3ccc(Cl)cc3)c(C(=O)O)cnc12. The number of nitrogens with zero attached hydrogens (tertiary/aromatic N) is 2. The summed E-state index contributed by atoms with van der Waals surface area (Å²) < 4.78 is 0. The molecule has 0 radical (unpaired) electrons. The number of carboxylic acids is 1. The minimum absolute atomic E-state index is 0.158. The molecule has 0 spiro atoms. The fraction of sp³-hybridized carbons (Fsp3) is 0.158. The van der Waals surface area contributed by atoms with Gasteiger partial charge in [-0.1, -0.05) is 35.3 Å². The predicted octanol–water partition coefficient (Wildman–Crippen LogP) is 5.18. The molecule has 0 bridgehead atoms. The zero-order valence-electron chi connectivity index (χ0n) is 13.8. The van der Waals surface area contributed by atoms with E-state index in [1.165, 1.54) is 6.20 Å². The summed E-state index contributed by atoms with van der Waals surface area (Å²) in [6, 6.07) is 11.1. The number of halogens is 2. The van der Waals surface area contributed by atoms with Gasteiger partial charge in [-0.2, -0.15) is 0 Å². The number of benzene rings is 2. The van der Waals surface area contributed by atoms with Crippen molar-refractivity contribution >= 4 is 45.8 Å². The summed E-state index contributed by atoms with van der Waals surface area (Å²) in [5.74, 6) is -1.01. The third kappa shape index (κ3) is 3.41. The number of hydrogen-bond donors (Lipinski definition) is 1. The molecule has 0 fully saturated rings. The first-order valence-corrected chi connectivity index (χ1v) is 8.40. The maximum absolute atomic E-state index is 11.7. The summed E-state index contributed by atoms with van der Waals surface area (Å²) in [6.07, 6.45) is 1.39. The Bertz CT molecular complexity index is 956. The molecule has 1 heterocycles. The zero-order chi connectivity index (χ0) is 18.1. The lowest BCUT2D eigenvalue weighted by Gasteiger charge is -2.23. The zero-order valence-corrected chi connectivity index (χ0v) is 15.3. The quantitative estimate of drug-likeness (QED) is 0.682. The number of pyridine rings is 1. The second kappa shape index (κ2) is 6.90. The number of fused-ring (bicyclic) bond motifs is 1. The first-order chi connectivity index (χ1) is 11.9. The minimum Gasteiger partial charge on any atom is -0.478 e. The molecule has 3 rings (SSSR count). The van der Waals surface area contributed by atoms with Crippen LogP contribution in [-0.4, -0.2) is 23.1 Å². The molecule has 3 aromatic rings. The molecular weight excluding hydrogens is 359 g/mol. The monoisotopic (exact) mass is 374 g/mol. The van der Waals surface area contributed by atoms with Gasteiger partial charge in [-0.15, -0.1) is 0 Å². The molecule has 1 aromatic heterocycles. The Balaban J connectivity index is 2.14. The second-order valence-corrected chi connectivity index (χ2v) is 6.72. The van der Waals surface area contributed by atoms with Gasteiger partial charge in [0.05, 0.1) is 11.2 Å². The number of rotatable bonds is 4. The molecule has 0 saturated carbocycles. The molecule has 25 heavy (non-hydrogen) atoms. The summed E-state index contributed by atoms with van der Waals surface area (Å²) in [6.45, 7) is 2.42. The maximum atomic E-state index is 11.7. The molecule has 2 aromatic carbocycles. The van der Waals surface area contributed by atoms with E-state index in [4.69, 9.17) is 23.2 Å². The van der Waals surface area contributed by atoms with Crippen LogP contribution in [0.1, 0.15) is 21.5 Å². The average molecular weight is 375 g/mol. The number of aromatic nitrogens is 1. The lowest BCUT2D eigenvalue weighted by Crippen LogP contribution is -2.20. The number of carbonyl (C=O) groups is 1. The molecule has 0 atom stereocenters. The van der Waals surface area contributed by atoms with Crippen LogP contribution in [0.5, 0.6) is 0 Å². The molecule has 6 heteroatoms. The van der Waals surface area contributed by atoms with Gasteiger partial charge in [0.2, 0.25) is 0 Å². The van der Waals surface area contributed by atoms with Crippen molar-refractivity contribution in [1.29, 1.82) is 0 Å². The Morgan fingerprint density at radius 3 is 2.48 bits per heavy atom. The van der Waals surface area contributed by atoms with Crippen molar-refractivity contribution < 1.29 is 9.90 Å². The number of aryl methyl sites for hydroxylation is 1. The van der Waals surface area contributed by atoms with Crippen molar-refractivity contribution in [3.8, 4) is 0 Å². The predicted molar refractivity (Wildman–Crippen MR) is 102 cm³/mol. The first kappa shape index (κ1) is 17.5. The van der Waals surface area contributed by atoms with Crippen LogP contribution >= 0.6 is 23.2 Å². The van der Waals surface area contributed by atoms with Crippen LogP contribution in [0, 0.1) is 6.92 Å². The fourth-order valence-corrected chi connectivity index (χ4v) is 3.16. The lowest BCUT2D eigenvalue weighted by molar-refractivity contribution is 0.0697. The van der Waals surface area contributed by atoms with E-state index in [0.29, 0.717) is 27.8 Å². The standard InChI is InChI=1S/C19H16Cl2N2O2/c1-11-16(21)8-7-14-17(11)22-9-15(19(24)25)18(14)23(2)10-12-3-5-13(20)6-4-12/h3-9H,10H2,1-2H3,(H,24,25). The molecule has 0 aliphatic carbocycles. The summed E-state index contributed by atoms with van der Waals surface area (Å²) in [5, 5.41) is 11.6. The van der Waals surface area contributed by atoms with Gasteiger partial charge in [0.25, 0.3) is 0 Å². The van der Waals surface area contributed by atoms with Crippen LogP contribution in [-0.2, 0) is 6.54 Å². The smallest absolute Gasteiger partial charge is 0.339 e. The van der Waals surface area contributed by atoms with Crippen molar-refractivity contribution in [3.05, 3.63) is 69.3 Å². The van der Waals surface area contributed by atoms with E-state index in [0.717, 1.165) is 16.5 Å². The van der Waals surface area contributed by atoms with Gasteiger partial charge < -0.3 is 10.0 Å². The lowest BCUT2D eigenvalue weighted by atomic mass is 10.0. The van der Waals surface area contributed by atoms with E-state index in [1.54, 1.807) is 6.07 Å². The van der Waals surface area contributed by atoms with Crippen molar-refractivity contribution in [2.24, 2.45) is 0 Å². The molecule has 0 aliphatic rings. The second-order valence-electron chi connectivity index (χ2n) is 5.88. The molecule has 0 saturated heterocycles. The van der Waals surface area contributed by atoms with E-state index in [1.807, 2.05) is 49.2 Å². The Morgan fingerprint density at radius 2 is 1.84 bits per heavy atom. The number of anilines is 1. The van der Waals surface area contributed by atoms with Crippen molar-refractivity contribution in [1.82, 2.24) is 4.98 Å². The summed E-state index contributed by atoms with van der Waals surface area (Å²) in [4.78, 5) is 17.9. The Morgan fingerprint density at radius 1 is 1.16 bits per heavy atom. The van der Waals surface area contributed by atoms with Crippen LogP contribution < -0.4 is 4.90 Å². The van der Waals surface area contributed by atoms with Gasteiger partial charge in [-0.05, 0) is 42.3 Å². The molecule has 0 unspecified atom stereocenters. The third-order valence-electron chi connectivity index (χ3n) is 4.14. The summed E-state index contributed by atoms with van der Waals surface area (Å²) in [7, 11) is 1.86. The fourth-order valence-electron chi connectivity index (χ4n) is 2.88. The van der Waals surface area contributed by atoms with Crippen LogP contribution in [0.2, 0.25) is 10.0 Å². The highest BCUT2D eigenvalue weighted by Gasteiger charge is 2.19. The third-order valence-corrected chi connectivity index (χ3v) is 4.80. The number of aromatic carboxylic acids is 1. The highest BCUT2D eigenvalue weighted by atomic mass is 35.5. The van der Waals surface area contributed by atoms with Gasteiger partial charge in [0, 0.05) is 35.2 Å². The van der Waals surface area contributed by atoms with E-state index in [9.17, 15) is 9.90 Å². The highest BCUT2D eigenvalue weighted by molar-refractivity contribution is 6.32. The molecule has 0 amide bonds. The van der Waals surface area contributed by atoms with Crippen molar-refractivity contribution in [2.75, 3.05) is 11.9 Å². The largest absolute Gasteiger partial charge is 0.478 e. The highest BCUT2D eigenvalue weighted by Crippen LogP contribution is 2.34. The van der Waals surface area contributed by atoms with Crippen molar-refractivity contribution in [2.45, 2.75) is 13.5 Å². The number of carboxylic acid groups (broad SMARTS) is 1. The van der Waals surface area contributed by atoms with Gasteiger partial charge in [0.1, 0.15) is 5.56 Å². The molecule has 4 nitrogen and oxygen atoms in total. The van der Waals surface area contributed by atoms with Crippen LogP contribution in [0.3, 0.4) is 0 Å². The van der Waals surface area contributed by atoms with Gasteiger partial charge in [0.15, 0.2) is 0 Å². The van der Waals surface area contributed by atoms with Crippen LogP contribution in [0.15, 0.2) is 42.6 Å². The van der Waals surface area contributed by atoms with E-state index < -0.39 is 5.97 Å². The van der Waals surface area contributed by atoms with Crippen LogP contribution in [0.25, 0.3) is 10.9 Å². The minimum atomic E-state index is -1.01. The summed E-state index contributed by atoms with van der Waals surface area (Å²) in [5.41, 5.74) is 3.34. The molecule has 1 N–H and O–H groups in total. The van der Waals surface area contributed by atoms with E-state index in [2.05, 4.69) is 4.98 Å². The van der Waals surface area contributed by atoms with Gasteiger partial charge in [-0.25, -0.2) is 4.79 Å². The number of hydrogen-bond acceptors (Lipinski definition) is 3. The topological polar surface area (TPSA) is 53.4 Å². The van der Waals surface area contributed by atoms with Gasteiger partial charge in [-0.3, -0.25) is 4.98 Å². The molecule has 0 aliphatic heterocycles. The Kier molecular flexibility index (Phi) is 4.84. The first-order valence-electron chi connectivity index (χ1n) is 7.65. The van der Waals surface area contributed by atoms with Gasteiger partial charge >= 0.3 is 5.97 Å². The normalized spacial score (nSPS) is 10.9.